The molecule has 3 aliphatic rings. The summed E-state index contributed by atoms with van der Waals surface area (Å²) < 4.78 is 0. The average Bonchev–Trinajstić information content (AvgIpc) is 2.97. The van der Waals surface area contributed by atoms with Crippen LogP contribution in [0, 0.1) is 12.3 Å². The van der Waals surface area contributed by atoms with Gasteiger partial charge in [-0.2, -0.15) is 0 Å². The highest BCUT2D eigenvalue weighted by Gasteiger charge is 2.48. The molecule has 1 spiro atoms. The largest absolute Gasteiger partial charge is 0.350 e. The summed E-state index contributed by atoms with van der Waals surface area (Å²) in [7, 11) is 4.05. The molecule has 0 unspecified atom stereocenters. The van der Waals surface area contributed by atoms with Crippen LogP contribution in [0.1, 0.15) is 44.2 Å². The Bertz CT molecular complexity index is 827. The van der Waals surface area contributed by atoms with E-state index < -0.39 is 0 Å². The van der Waals surface area contributed by atoms with Crippen molar-refractivity contribution >= 4 is 22.9 Å². The monoisotopic (exact) mass is 336 g/mol. The lowest BCUT2D eigenvalue weighted by Crippen LogP contribution is -2.38. The van der Waals surface area contributed by atoms with Crippen LogP contribution in [0.2, 0.25) is 0 Å². The van der Waals surface area contributed by atoms with E-state index in [1.54, 1.807) is 0 Å². The van der Waals surface area contributed by atoms with E-state index in [9.17, 15) is 0 Å². The third-order valence-corrected chi connectivity index (χ3v) is 6.63. The minimum absolute atomic E-state index is 0.320. The molecule has 1 aromatic rings. The molecule has 2 aliphatic heterocycles. The summed E-state index contributed by atoms with van der Waals surface area (Å²) in [5.41, 5.74) is 7.65. The van der Waals surface area contributed by atoms with Crippen molar-refractivity contribution in [2.45, 2.75) is 40.0 Å². The summed E-state index contributed by atoms with van der Waals surface area (Å²) in [5.74, 6) is 2.13. The molecule has 1 saturated carbocycles. The van der Waals surface area contributed by atoms with E-state index in [0.717, 1.165) is 35.9 Å². The SMILES string of the molecule is C=C1C(C)=C(C)N(C)c2nc(N3CC(=NC)C4(CCC4)C3)c(C)cc21. The fourth-order valence-corrected chi connectivity index (χ4v) is 4.59. The zero-order valence-corrected chi connectivity index (χ0v) is 16.1. The zero-order valence-electron chi connectivity index (χ0n) is 16.1. The van der Waals surface area contributed by atoms with Crippen molar-refractivity contribution in [2.75, 3.05) is 37.0 Å². The van der Waals surface area contributed by atoms with Crippen LogP contribution in [0.25, 0.3) is 5.57 Å². The molecule has 4 heteroatoms. The predicted octanol–water partition coefficient (Wildman–Crippen LogP) is 4.21. The van der Waals surface area contributed by atoms with Crippen molar-refractivity contribution in [1.82, 2.24) is 4.98 Å². The number of anilines is 2. The Morgan fingerprint density at radius 3 is 2.48 bits per heavy atom. The van der Waals surface area contributed by atoms with Crippen LogP contribution < -0.4 is 9.80 Å². The van der Waals surface area contributed by atoms with Gasteiger partial charge in [-0.05, 0) is 56.4 Å². The molecule has 4 nitrogen and oxygen atoms in total. The zero-order chi connectivity index (χ0) is 17.9. The summed E-state index contributed by atoms with van der Waals surface area (Å²) in [6.45, 7) is 12.7. The summed E-state index contributed by atoms with van der Waals surface area (Å²) in [6.07, 6.45) is 3.88. The van der Waals surface area contributed by atoms with E-state index in [1.165, 1.54) is 41.8 Å². The van der Waals surface area contributed by atoms with Crippen molar-refractivity contribution in [3.8, 4) is 0 Å². The first kappa shape index (κ1) is 16.4. The van der Waals surface area contributed by atoms with Crippen molar-refractivity contribution in [1.29, 1.82) is 0 Å². The first-order chi connectivity index (χ1) is 11.9. The fraction of sp³-hybridized carbons (Fsp3) is 0.524. The molecule has 3 heterocycles. The molecule has 1 aliphatic carbocycles. The van der Waals surface area contributed by atoms with Gasteiger partial charge in [-0.1, -0.05) is 13.0 Å². The molecule has 132 valence electrons. The molecule has 0 atom stereocenters. The van der Waals surface area contributed by atoms with Crippen molar-refractivity contribution < 1.29 is 0 Å². The van der Waals surface area contributed by atoms with Gasteiger partial charge in [-0.3, -0.25) is 4.99 Å². The summed E-state index contributed by atoms with van der Waals surface area (Å²) in [5, 5.41) is 0. The highest BCUT2D eigenvalue weighted by Crippen LogP contribution is 2.48. The molecule has 2 fully saturated rings. The van der Waals surface area contributed by atoms with Crippen molar-refractivity contribution in [3.05, 3.63) is 35.0 Å². The average molecular weight is 336 g/mol. The number of nitrogens with zero attached hydrogens (tertiary/aromatic N) is 4. The van der Waals surface area contributed by atoms with Crippen LogP contribution in [0.15, 0.2) is 28.9 Å². The third kappa shape index (κ3) is 2.19. The van der Waals surface area contributed by atoms with Gasteiger partial charge < -0.3 is 9.80 Å². The van der Waals surface area contributed by atoms with Crippen LogP contribution in [0.3, 0.4) is 0 Å². The van der Waals surface area contributed by atoms with Gasteiger partial charge in [0, 0.05) is 43.0 Å². The van der Waals surface area contributed by atoms with E-state index >= 15 is 0 Å². The third-order valence-electron chi connectivity index (χ3n) is 6.63. The number of hydrogen-bond donors (Lipinski definition) is 0. The molecule has 0 aromatic carbocycles. The minimum Gasteiger partial charge on any atom is -0.350 e. The lowest BCUT2D eigenvalue weighted by molar-refractivity contribution is 0.255. The number of pyridine rings is 1. The van der Waals surface area contributed by atoms with Crippen molar-refractivity contribution in [2.24, 2.45) is 10.4 Å². The Kier molecular flexibility index (Phi) is 3.57. The van der Waals surface area contributed by atoms with E-state index in [4.69, 9.17) is 4.98 Å². The summed E-state index contributed by atoms with van der Waals surface area (Å²) >= 11 is 0. The lowest BCUT2D eigenvalue weighted by Gasteiger charge is -2.38. The normalized spacial score (nSPS) is 23.6. The Morgan fingerprint density at radius 1 is 1.20 bits per heavy atom. The molecule has 0 N–H and O–H groups in total. The van der Waals surface area contributed by atoms with Gasteiger partial charge in [0.05, 0.1) is 6.54 Å². The van der Waals surface area contributed by atoms with Crippen LogP contribution >= 0.6 is 0 Å². The molecule has 4 rings (SSSR count). The van der Waals surface area contributed by atoms with Gasteiger partial charge in [0.25, 0.3) is 0 Å². The van der Waals surface area contributed by atoms with E-state index in [1.807, 2.05) is 7.05 Å². The second-order valence-corrected chi connectivity index (χ2v) is 7.91. The van der Waals surface area contributed by atoms with Crippen LogP contribution in [-0.4, -0.2) is 37.9 Å². The number of aryl methyl sites for hydroxylation is 1. The van der Waals surface area contributed by atoms with Gasteiger partial charge in [0.15, 0.2) is 0 Å². The highest BCUT2D eigenvalue weighted by molar-refractivity contribution is 5.98. The number of hydrogen-bond acceptors (Lipinski definition) is 4. The van der Waals surface area contributed by atoms with Crippen LogP contribution in [-0.2, 0) is 0 Å². The topological polar surface area (TPSA) is 31.7 Å². The lowest BCUT2D eigenvalue weighted by atomic mass is 9.67. The number of allylic oxidation sites excluding steroid dienone is 3. The Hall–Kier alpha value is -2.10. The molecule has 1 saturated heterocycles. The smallest absolute Gasteiger partial charge is 0.142 e. The fourth-order valence-electron chi connectivity index (χ4n) is 4.59. The maximum Gasteiger partial charge on any atom is 0.142 e. The number of aliphatic imine (C=N–C) groups is 1. The number of rotatable bonds is 1. The molecule has 0 radical (unpaired) electrons. The van der Waals surface area contributed by atoms with E-state index in [2.05, 4.69) is 55.3 Å². The highest BCUT2D eigenvalue weighted by atomic mass is 15.3. The van der Waals surface area contributed by atoms with Crippen molar-refractivity contribution in [3.63, 3.8) is 0 Å². The minimum atomic E-state index is 0.320. The van der Waals surface area contributed by atoms with Gasteiger partial charge in [0.1, 0.15) is 11.6 Å². The number of fused-ring (bicyclic) bond motifs is 1. The Labute approximate surface area is 151 Å². The molecule has 25 heavy (non-hydrogen) atoms. The predicted molar refractivity (Wildman–Crippen MR) is 107 cm³/mol. The molecular formula is C21H28N4. The molecule has 0 amide bonds. The maximum atomic E-state index is 5.11. The number of aromatic nitrogens is 1. The van der Waals surface area contributed by atoms with E-state index in [-0.39, 0.29) is 0 Å². The quantitative estimate of drug-likeness (QED) is 0.770. The first-order valence-corrected chi connectivity index (χ1v) is 9.21. The van der Waals surface area contributed by atoms with Gasteiger partial charge in [-0.15, -0.1) is 0 Å². The Balaban J connectivity index is 1.76. The van der Waals surface area contributed by atoms with Gasteiger partial charge >= 0.3 is 0 Å². The maximum absolute atomic E-state index is 5.11. The van der Waals surface area contributed by atoms with Crippen LogP contribution in [0.4, 0.5) is 11.6 Å². The molecule has 1 aromatic heterocycles. The van der Waals surface area contributed by atoms with Gasteiger partial charge in [0.2, 0.25) is 0 Å². The summed E-state index contributed by atoms with van der Waals surface area (Å²) in [4.78, 5) is 14.4. The molecular weight excluding hydrogens is 308 g/mol. The second-order valence-electron chi connectivity index (χ2n) is 7.91. The van der Waals surface area contributed by atoms with E-state index in [0.29, 0.717) is 5.41 Å². The van der Waals surface area contributed by atoms with Crippen LogP contribution in [0.5, 0.6) is 0 Å². The first-order valence-electron chi connectivity index (χ1n) is 9.21. The second kappa shape index (κ2) is 5.45. The molecule has 0 bridgehead atoms. The summed E-state index contributed by atoms with van der Waals surface area (Å²) in [6, 6.07) is 2.26. The standard InChI is InChI=1S/C21H28N4/c1-13-10-17-15(3)14(2)16(4)24(6)20(17)23-19(13)25-11-18(22-5)21(12-25)8-7-9-21/h10H,3,7-9,11-12H2,1-2,4-6H3. The van der Waals surface area contributed by atoms with Gasteiger partial charge in [-0.25, -0.2) is 4.98 Å². The Morgan fingerprint density at radius 2 is 1.92 bits per heavy atom.